The Kier molecular flexibility index (Phi) is 5.20. The van der Waals surface area contributed by atoms with Gasteiger partial charge >= 0.3 is 0 Å². The molecule has 3 heteroatoms. The Morgan fingerprint density at radius 1 is 1.16 bits per heavy atom. The fourth-order valence-corrected chi connectivity index (χ4v) is 2.97. The molecule has 0 heterocycles. The highest BCUT2D eigenvalue weighted by atomic mass is 19.1. The summed E-state index contributed by atoms with van der Waals surface area (Å²) in [7, 11) is 0. The van der Waals surface area contributed by atoms with Crippen LogP contribution < -0.4 is 10.6 Å². The summed E-state index contributed by atoms with van der Waals surface area (Å²) in [6, 6.07) is 7.48. The van der Waals surface area contributed by atoms with E-state index in [1.54, 1.807) is 12.1 Å². The third-order valence-electron chi connectivity index (χ3n) is 4.19. The van der Waals surface area contributed by atoms with E-state index in [2.05, 4.69) is 11.8 Å². The second-order valence-electron chi connectivity index (χ2n) is 5.73. The number of anilines is 1. The van der Waals surface area contributed by atoms with Crippen molar-refractivity contribution in [2.75, 3.05) is 18.0 Å². The van der Waals surface area contributed by atoms with E-state index < -0.39 is 0 Å². The summed E-state index contributed by atoms with van der Waals surface area (Å²) in [6.07, 6.45) is 6.06. The van der Waals surface area contributed by atoms with Crippen molar-refractivity contribution in [2.45, 2.75) is 45.1 Å². The van der Waals surface area contributed by atoms with Gasteiger partial charge in [-0.05, 0) is 68.8 Å². The molecule has 0 bridgehead atoms. The minimum atomic E-state index is -0.167. The SMILES string of the molecule is CC1CCC(N(CCCN)c2ccc(F)cc2)CC1. The number of nitrogens with zero attached hydrogens (tertiary/aromatic N) is 1. The number of hydrogen-bond donors (Lipinski definition) is 1. The average Bonchev–Trinajstić information content (AvgIpc) is 2.43. The molecule has 0 unspecified atom stereocenters. The van der Waals surface area contributed by atoms with E-state index in [4.69, 9.17) is 5.73 Å². The Hall–Kier alpha value is -1.09. The van der Waals surface area contributed by atoms with Crippen LogP contribution in [0, 0.1) is 11.7 Å². The monoisotopic (exact) mass is 264 g/mol. The average molecular weight is 264 g/mol. The van der Waals surface area contributed by atoms with Gasteiger partial charge in [-0.1, -0.05) is 6.92 Å². The molecule has 2 N–H and O–H groups in total. The first-order valence-corrected chi connectivity index (χ1v) is 7.43. The van der Waals surface area contributed by atoms with Crippen LogP contribution in [-0.2, 0) is 0 Å². The molecule has 1 aromatic rings. The van der Waals surface area contributed by atoms with Crippen molar-refractivity contribution >= 4 is 5.69 Å². The number of hydrogen-bond acceptors (Lipinski definition) is 2. The maximum atomic E-state index is 13.1. The molecule has 1 aliphatic carbocycles. The molecule has 1 fully saturated rings. The summed E-state index contributed by atoms with van der Waals surface area (Å²) < 4.78 is 13.1. The van der Waals surface area contributed by atoms with Gasteiger partial charge in [0.25, 0.3) is 0 Å². The minimum absolute atomic E-state index is 0.167. The van der Waals surface area contributed by atoms with Gasteiger partial charge in [-0.2, -0.15) is 0 Å². The van der Waals surface area contributed by atoms with Gasteiger partial charge in [-0.3, -0.25) is 0 Å². The summed E-state index contributed by atoms with van der Waals surface area (Å²) in [6.45, 7) is 4.01. The van der Waals surface area contributed by atoms with Gasteiger partial charge in [0.1, 0.15) is 5.82 Å². The lowest BCUT2D eigenvalue weighted by Crippen LogP contribution is -2.39. The second-order valence-corrected chi connectivity index (χ2v) is 5.73. The van der Waals surface area contributed by atoms with Crippen LogP contribution in [0.2, 0.25) is 0 Å². The zero-order chi connectivity index (χ0) is 13.7. The van der Waals surface area contributed by atoms with E-state index in [0.29, 0.717) is 12.6 Å². The molecule has 1 aromatic carbocycles. The molecule has 19 heavy (non-hydrogen) atoms. The van der Waals surface area contributed by atoms with Crippen LogP contribution in [-0.4, -0.2) is 19.1 Å². The Balaban J connectivity index is 2.08. The maximum Gasteiger partial charge on any atom is 0.123 e. The molecule has 0 radical (unpaired) electrons. The topological polar surface area (TPSA) is 29.3 Å². The zero-order valence-electron chi connectivity index (χ0n) is 11.8. The van der Waals surface area contributed by atoms with E-state index >= 15 is 0 Å². The predicted molar refractivity (Wildman–Crippen MR) is 78.8 cm³/mol. The van der Waals surface area contributed by atoms with Crippen LogP contribution in [0.25, 0.3) is 0 Å². The molecular formula is C16H25FN2. The molecule has 1 aliphatic rings. The van der Waals surface area contributed by atoms with Gasteiger partial charge in [0, 0.05) is 18.3 Å². The van der Waals surface area contributed by atoms with Gasteiger partial charge < -0.3 is 10.6 Å². The number of rotatable bonds is 5. The van der Waals surface area contributed by atoms with Crippen molar-refractivity contribution in [3.05, 3.63) is 30.1 Å². The van der Waals surface area contributed by atoms with E-state index in [1.807, 2.05) is 12.1 Å². The van der Waals surface area contributed by atoms with Crippen molar-refractivity contribution < 1.29 is 4.39 Å². The van der Waals surface area contributed by atoms with E-state index in [1.165, 1.54) is 25.7 Å². The third kappa shape index (κ3) is 3.93. The minimum Gasteiger partial charge on any atom is -0.368 e. The molecule has 0 aliphatic heterocycles. The molecule has 0 aromatic heterocycles. The zero-order valence-corrected chi connectivity index (χ0v) is 11.8. The highest BCUT2D eigenvalue weighted by molar-refractivity contribution is 5.47. The molecule has 1 saturated carbocycles. The molecule has 2 nitrogen and oxygen atoms in total. The summed E-state index contributed by atoms with van der Waals surface area (Å²) in [5.41, 5.74) is 6.78. The fourth-order valence-electron chi connectivity index (χ4n) is 2.97. The van der Waals surface area contributed by atoms with Crippen LogP contribution >= 0.6 is 0 Å². The van der Waals surface area contributed by atoms with Crippen molar-refractivity contribution in [2.24, 2.45) is 11.7 Å². The largest absolute Gasteiger partial charge is 0.368 e. The van der Waals surface area contributed by atoms with Crippen LogP contribution in [0.3, 0.4) is 0 Å². The fraction of sp³-hybridized carbons (Fsp3) is 0.625. The Bertz CT molecular complexity index is 369. The summed E-state index contributed by atoms with van der Waals surface area (Å²) in [4.78, 5) is 2.43. The summed E-state index contributed by atoms with van der Waals surface area (Å²) in [5, 5.41) is 0. The van der Waals surface area contributed by atoms with Crippen molar-refractivity contribution in [1.29, 1.82) is 0 Å². The smallest absolute Gasteiger partial charge is 0.123 e. The van der Waals surface area contributed by atoms with Gasteiger partial charge in [-0.25, -0.2) is 4.39 Å². The highest BCUT2D eigenvalue weighted by Crippen LogP contribution is 2.30. The highest BCUT2D eigenvalue weighted by Gasteiger charge is 2.23. The second kappa shape index (κ2) is 6.90. The van der Waals surface area contributed by atoms with Gasteiger partial charge in [-0.15, -0.1) is 0 Å². The van der Waals surface area contributed by atoms with Crippen LogP contribution in [0.15, 0.2) is 24.3 Å². The Morgan fingerprint density at radius 2 is 1.79 bits per heavy atom. The Labute approximate surface area is 115 Å². The van der Waals surface area contributed by atoms with Gasteiger partial charge in [0.2, 0.25) is 0 Å². The molecule has 0 spiro atoms. The molecule has 0 amide bonds. The Morgan fingerprint density at radius 3 is 2.37 bits per heavy atom. The molecule has 0 saturated heterocycles. The number of nitrogens with two attached hydrogens (primary N) is 1. The van der Waals surface area contributed by atoms with Crippen molar-refractivity contribution in [3.63, 3.8) is 0 Å². The lowest BCUT2D eigenvalue weighted by Gasteiger charge is -2.38. The first-order chi connectivity index (χ1) is 9.20. The normalized spacial score (nSPS) is 23.3. The lowest BCUT2D eigenvalue weighted by atomic mass is 9.86. The lowest BCUT2D eigenvalue weighted by molar-refractivity contribution is 0.333. The molecule has 0 atom stereocenters. The van der Waals surface area contributed by atoms with E-state index in [-0.39, 0.29) is 5.82 Å². The first-order valence-electron chi connectivity index (χ1n) is 7.43. The van der Waals surface area contributed by atoms with Crippen LogP contribution in [0.1, 0.15) is 39.0 Å². The molecule has 2 rings (SSSR count). The number of halogens is 1. The maximum absolute atomic E-state index is 13.1. The van der Waals surface area contributed by atoms with Crippen LogP contribution in [0.5, 0.6) is 0 Å². The van der Waals surface area contributed by atoms with Crippen molar-refractivity contribution in [3.8, 4) is 0 Å². The molecular weight excluding hydrogens is 239 g/mol. The van der Waals surface area contributed by atoms with Crippen molar-refractivity contribution in [1.82, 2.24) is 0 Å². The quantitative estimate of drug-likeness (QED) is 0.881. The van der Waals surface area contributed by atoms with Gasteiger partial charge in [0.15, 0.2) is 0 Å². The summed E-state index contributed by atoms with van der Waals surface area (Å²) in [5.74, 6) is 0.681. The third-order valence-corrected chi connectivity index (χ3v) is 4.19. The summed E-state index contributed by atoms with van der Waals surface area (Å²) >= 11 is 0. The van der Waals surface area contributed by atoms with Crippen LogP contribution in [0.4, 0.5) is 10.1 Å². The first kappa shape index (κ1) is 14.3. The van der Waals surface area contributed by atoms with Gasteiger partial charge in [0.05, 0.1) is 0 Å². The van der Waals surface area contributed by atoms with E-state index in [9.17, 15) is 4.39 Å². The predicted octanol–water partition coefficient (Wildman–Crippen LogP) is 3.56. The molecule has 106 valence electrons. The standard InChI is InChI=1S/C16H25FN2/c1-13-3-7-15(8-4-13)19(12-2-11-18)16-9-5-14(17)6-10-16/h5-6,9-10,13,15H,2-4,7-8,11-12,18H2,1H3. The van der Waals surface area contributed by atoms with E-state index in [0.717, 1.165) is 24.6 Å². The number of benzene rings is 1.